The van der Waals surface area contributed by atoms with Crippen LogP contribution in [0.2, 0.25) is 0 Å². The summed E-state index contributed by atoms with van der Waals surface area (Å²) < 4.78 is 51.6. The summed E-state index contributed by atoms with van der Waals surface area (Å²) in [5.41, 5.74) is 0.606. The Morgan fingerprint density at radius 1 is 1.42 bits per heavy atom. The second-order valence-electron chi connectivity index (χ2n) is 5.84. The number of carbonyl (C=O) groups is 1. The van der Waals surface area contributed by atoms with E-state index in [0.29, 0.717) is 11.3 Å². The molecule has 0 radical (unpaired) electrons. The number of fused-ring (bicyclic) bond motifs is 1. The van der Waals surface area contributed by atoms with Crippen molar-refractivity contribution in [3.05, 3.63) is 41.6 Å². The molecule has 0 bridgehead atoms. The Morgan fingerprint density at radius 2 is 2.19 bits per heavy atom. The minimum absolute atomic E-state index is 0.00449. The van der Waals surface area contributed by atoms with Gasteiger partial charge in [-0.25, -0.2) is 9.48 Å². The van der Waals surface area contributed by atoms with Gasteiger partial charge in [0.05, 0.1) is 26.0 Å². The summed E-state index contributed by atoms with van der Waals surface area (Å²) in [5, 5.41) is 6.78. The van der Waals surface area contributed by atoms with Crippen LogP contribution in [-0.4, -0.2) is 35.6 Å². The van der Waals surface area contributed by atoms with Crippen LogP contribution in [0.3, 0.4) is 0 Å². The third-order valence-electron chi connectivity index (χ3n) is 4.23. The van der Waals surface area contributed by atoms with Gasteiger partial charge in [0.25, 0.3) is 0 Å². The maximum Gasteiger partial charge on any atom is 0.410 e. The SMILES string of the molecule is CCOC(=O)c1cnn2c1N[C@H](c1cccc(OC)c1)C[C@@H]2C(F)(F)F. The summed E-state index contributed by atoms with van der Waals surface area (Å²) in [7, 11) is 1.49. The molecule has 0 amide bonds. The van der Waals surface area contributed by atoms with Crippen molar-refractivity contribution in [3.63, 3.8) is 0 Å². The van der Waals surface area contributed by atoms with Gasteiger partial charge in [0, 0.05) is 6.42 Å². The van der Waals surface area contributed by atoms with Crippen molar-refractivity contribution >= 4 is 11.8 Å². The van der Waals surface area contributed by atoms with E-state index in [0.717, 1.165) is 10.9 Å². The molecule has 0 spiro atoms. The third-order valence-corrected chi connectivity index (χ3v) is 4.23. The van der Waals surface area contributed by atoms with Crippen molar-refractivity contribution < 1.29 is 27.4 Å². The molecule has 0 fully saturated rings. The van der Waals surface area contributed by atoms with E-state index in [9.17, 15) is 18.0 Å². The van der Waals surface area contributed by atoms with Gasteiger partial charge in [-0.15, -0.1) is 0 Å². The average Bonchev–Trinajstić information content (AvgIpc) is 3.04. The molecule has 1 N–H and O–H groups in total. The van der Waals surface area contributed by atoms with Crippen molar-refractivity contribution in [3.8, 4) is 5.75 Å². The summed E-state index contributed by atoms with van der Waals surface area (Å²) in [6.07, 6.45) is -3.66. The van der Waals surface area contributed by atoms with Gasteiger partial charge < -0.3 is 14.8 Å². The second-order valence-corrected chi connectivity index (χ2v) is 5.84. The van der Waals surface area contributed by atoms with Crippen LogP contribution >= 0.6 is 0 Å². The maximum atomic E-state index is 13.6. The molecular formula is C17H18F3N3O3. The molecule has 2 atom stereocenters. The molecule has 0 saturated heterocycles. The van der Waals surface area contributed by atoms with E-state index >= 15 is 0 Å². The highest BCUT2D eigenvalue weighted by atomic mass is 19.4. The van der Waals surface area contributed by atoms with E-state index in [1.165, 1.54) is 7.11 Å². The van der Waals surface area contributed by atoms with E-state index in [2.05, 4.69) is 10.4 Å². The topological polar surface area (TPSA) is 65.4 Å². The highest BCUT2D eigenvalue weighted by Crippen LogP contribution is 2.44. The van der Waals surface area contributed by atoms with Crippen LogP contribution in [0, 0.1) is 0 Å². The molecule has 1 aromatic carbocycles. The van der Waals surface area contributed by atoms with Crippen LogP contribution in [0.25, 0.3) is 0 Å². The fourth-order valence-corrected chi connectivity index (χ4v) is 3.00. The fourth-order valence-electron chi connectivity index (χ4n) is 3.00. The molecule has 1 aliphatic heterocycles. The minimum atomic E-state index is -4.51. The Hall–Kier alpha value is -2.71. The van der Waals surface area contributed by atoms with Crippen molar-refractivity contribution in [1.29, 1.82) is 0 Å². The van der Waals surface area contributed by atoms with E-state index in [-0.39, 0.29) is 24.4 Å². The first-order valence-corrected chi connectivity index (χ1v) is 8.07. The van der Waals surface area contributed by atoms with Crippen molar-refractivity contribution in [1.82, 2.24) is 9.78 Å². The lowest BCUT2D eigenvalue weighted by Crippen LogP contribution is -2.36. The van der Waals surface area contributed by atoms with Gasteiger partial charge in [0.2, 0.25) is 0 Å². The van der Waals surface area contributed by atoms with Crippen LogP contribution in [0.15, 0.2) is 30.5 Å². The Morgan fingerprint density at radius 3 is 2.85 bits per heavy atom. The first-order valence-electron chi connectivity index (χ1n) is 8.07. The lowest BCUT2D eigenvalue weighted by molar-refractivity contribution is -0.173. The number of rotatable bonds is 4. The largest absolute Gasteiger partial charge is 0.497 e. The molecule has 1 aromatic heterocycles. The number of halogens is 3. The van der Waals surface area contributed by atoms with E-state index in [4.69, 9.17) is 9.47 Å². The van der Waals surface area contributed by atoms with Crippen molar-refractivity contribution in [2.24, 2.45) is 0 Å². The van der Waals surface area contributed by atoms with E-state index < -0.39 is 24.2 Å². The zero-order valence-electron chi connectivity index (χ0n) is 14.2. The summed E-state index contributed by atoms with van der Waals surface area (Å²) in [6, 6.07) is 4.29. The van der Waals surface area contributed by atoms with Gasteiger partial charge in [0.1, 0.15) is 17.1 Å². The van der Waals surface area contributed by atoms with Crippen molar-refractivity contribution in [2.45, 2.75) is 31.6 Å². The number of carbonyl (C=O) groups excluding carboxylic acids is 1. The second kappa shape index (κ2) is 6.89. The first kappa shape index (κ1) is 18.1. The molecule has 9 heteroatoms. The number of esters is 1. The zero-order chi connectivity index (χ0) is 18.9. The molecule has 2 heterocycles. The summed E-state index contributed by atoms with van der Waals surface area (Å²) in [5.74, 6) is -0.170. The van der Waals surface area contributed by atoms with Gasteiger partial charge >= 0.3 is 12.1 Å². The number of hydrogen-bond donors (Lipinski definition) is 1. The molecule has 0 aliphatic carbocycles. The minimum Gasteiger partial charge on any atom is -0.497 e. The number of anilines is 1. The van der Waals surface area contributed by atoms with Crippen LogP contribution in [0.1, 0.15) is 41.3 Å². The number of aromatic nitrogens is 2. The number of hydrogen-bond acceptors (Lipinski definition) is 5. The van der Waals surface area contributed by atoms with Crippen LogP contribution in [0.4, 0.5) is 19.0 Å². The normalized spacial score (nSPS) is 19.4. The van der Waals surface area contributed by atoms with E-state index in [1.807, 2.05) is 0 Å². The molecule has 140 valence electrons. The third kappa shape index (κ3) is 3.33. The Bertz CT molecular complexity index is 804. The van der Waals surface area contributed by atoms with Gasteiger partial charge in [0.15, 0.2) is 6.04 Å². The predicted molar refractivity (Wildman–Crippen MR) is 87.3 cm³/mol. The number of alkyl halides is 3. The monoisotopic (exact) mass is 369 g/mol. The van der Waals surface area contributed by atoms with Gasteiger partial charge in [-0.05, 0) is 24.6 Å². The smallest absolute Gasteiger partial charge is 0.410 e. The number of nitrogens with one attached hydrogen (secondary N) is 1. The zero-order valence-corrected chi connectivity index (χ0v) is 14.2. The van der Waals surface area contributed by atoms with Gasteiger partial charge in [-0.3, -0.25) is 0 Å². The summed E-state index contributed by atoms with van der Waals surface area (Å²) >= 11 is 0. The molecule has 26 heavy (non-hydrogen) atoms. The van der Waals surface area contributed by atoms with E-state index in [1.54, 1.807) is 31.2 Å². The van der Waals surface area contributed by atoms with Crippen molar-refractivity contribution in [2.75, 3.05) is 19.0 Å². The molecular weight excluding hydrogens is 351 g/mol. The highest BCUT2D eigenvalue weighted by Gasteiger charge is 2.47. The molecule has 1 aliphatic rings. The quantitative estimate of drug-likeness (QED) is 0.832. The van der Waals surface area contributed by atoms with Crippen LogP contribution < -0.4 is 10.1 Å². The Labute approximate surface area is 147 Å². The lowest BCUT2D eigenvalue weighted by atomic mass is 9.96. The Balaban J connectivity index is 2.03. The number of nitrogens with zero attached hydrogens (tertiary/aromatic N) is 2. The summed E-state index contributed by atoms with van der Waals surface area (Å²) in [6.45, 7) is 1.74. The Kier molecular flexibility index (Phi) is 4.80. The molecule has 6 nitrogen and oxygen atoms in total. The maximum absolute atomic E-state index is 13.6. The number of benzene rings is 1. The summed E-state index contributed by atoms with van der Waals surface area (Å²) in [4.78, 5) is 12.1. The molecule has 0 saturated carbocycles. The fraction of sp³-hybridized carbons (Fsp3) is 0.412. The van der Waals surface area contributed by atoms with Crippen LogP contribution in [-0.2, 0) is 4.74 Å². The van der Waals surface area contributed by atoms with Gasteiger partial charge in [-0.1, -0.05) is 12.1 Å². The molecule has 2 aromatic rings. The highest BCUT2D eigenvalue weighted by molar-refractivity contribution is 5.94. The lowest BCUT2D eigenvalue weighted by Gasteiger charge is -2.34. The molecule has 3 rings (SSSR count). The predicted octanol–water partition coefficient (Wildman–Crippen LogP) is 3.73. The van der Waals surface area contributed by atoms with Crippen LogP contribution in [0.5, 0.6) is 5.75 Å². The number of methoxy groups -OCH3 is 1. The average molecular weight is 369 g/mol. The molecule has 0 unspecified atom stereocenters. The first-order chi connectivity index (χ1) is 12.3. The number of ether oxygens (including phenoxy) is 2. The standard InChI is InChI=1S/C17H18F3N3O3/c1-3-26-16(24)12-9-21-23-14(17(18,19)20)8-13(22-15(12)23)10-5-4-6-11(7-10)25-2/h4-7,9,13-14,22H,3,8H2,1-2H3/t13-,14+/m0/s1. The van der Waals surface area contributed by atoms with Gasteiger partial charge in [-0.2, -0.15) is 18.3 Å².